The first-order valence-corrected chi connectivity index (χ1v) is 8.95. The van der Waals surface area contributed by atoms with Crippen molar-refractivity contribution in [2.24, 2.45) is 5.73 Å². The zero-order valence-electron chi connectivity index (χ0n) is 15.4. The Morgan fingerprint density at radius 1 is 0.826 bits per heavy atom. The van der Waals surface area contributed by atoms with Gasteiger partial charge in [0.1, 0.15) is 0 Å². The van der Waals surface area contributed by atoms with Gasteiger partial charge in [0, 0.05) is 0 Å². The van der Waals surface area contributed by atoms with Gasteiger partial charge < -0.3 is 15.6 Å². The number of rotatable bonds is 15. The maximum atomic E-state index is 9.98. The van der Waals surface area contributed by atoms with Crippen molar-refractivity contribution >= 4 is 12.3 Å². The molecule has 0 aliphatic heterocycles. The molecule has 3 N–H and O–H groups in total. The average molecular weight is 337 g/mol. The van der Waals surface area contributed by atoms with Crippen LogP contribution in [0.25, 0.3) is 0 Å². The van der Waals surface area contributed by atoms with Gasteiger partial charge in [0.2, 0.25) is 0 Å². The number of carboxylic acid groups (broad SMARTS) is 1. The Balaban J connectivity index is -0.000000578. The van der Waals surface area contributed by atoms with Crippen molar-refractivity contribution in [3.8, 4) is 0 Å². The Morgan fingerprint density at radius 3 is 1.39 bits per heavy atom. The summed E-state index contributed by atoms with van der Waals surface area (Å²) in [7, 11) is 0. The second kappa shape index (κ2) is 27.0. The molecule has 0 fully saturated rings. The fraction of sp³-hybridized carbons (Fsp3) is 0.889. The molecule has 0 aromatic heterocycles. The van der Waals surface area contributed by atoms with E-state index in [0.29, 0.717) is 6.42 Å². The smallest absolute Gasteiger partial charge is 0.542 e. The minimum atomic E-state index is -0.968. The van der Waals surface area contributed by atoms with Crippen molar-refractivity contribution in [2.45, 2.75) is 96.8 Å². The van der Waals surface area contributed by atoms with Gasteiger partial charge in [-0.1, -0.05) is 90.4 Å². The van der Waals surface area contributed by atoms with E-state index in [2.05, 4.69) is 12.7 Å². The van der Waals surface area contributed by atoms with E-state index in [1.807, 2.05) is 6.29 Å². The molecule has 0 saturated carbocycles. The summed E-state index contributed by atoms with van der Waals surface area (Å²) in [4.78, 5) is 19.2. The first-order valence-electron chi connectivity index (χ1n) is 8.95. The zero-order valence-corrected chi connectivity index (χ0v) is 17.4. The summed E-state index contributed by atoms with van der Waals surface area (Å²) in [5, 5.41) is 7.60. The molecule has 0 heterocycles. The molecule has 4 nitrogen and oxygen atoms in total. The summed E-state index contributed by atoms with van der Waals surface area (Å²) >= 11 is 0. The molecule has 0 aliphatic rings. The predicted octanol–water partition coefficient (Wildman–Crippen LogP) is 1.61. The van der Waals surface area contributed by atoms with Crippen LogP contribution in [0.4, 0.5) is 0 Å². The van der Waals surface area contributed by atoms with E-state index in [9.17, 15) is 9.59 Å². The zero-order chi connectivity index (χ0) is 16.9. The molecule has 0 radical (unpaired) electrons. The van der Waals surface area contributed by atoms with Crippen molar-refractivity contribution in [2.75, 3.05) is 6.54 Å². The average Bonchev–Trinajstić information content (AvgIpc) is 2.52. The number of aliphatic carboxylic acids is 1. The van der Waals surface area contributed by atoms with Crippen molar-refractivity contribution in [3.05, 3.63) is 0 Å². The summed E-state index contributed by atoms with van der Waals surface area (Å²) in [5.41, 5.74) is 4.57. The molecule has 0 unspecified atom stereocenters. The summed E-state index contributed by atoms with van der Waals surface area (Å²) in [5.74, 6) is -0.968. The van der Waals surface area contributed by atoms with Crippen LogP contribution in [0.15, 0.2) is 0 Å². The minimum absolute atomic E-state index is 0. The van der Waals surface area contributed by atoms with Gasteiger partial charge in [-0.15, -0.1) is 0 Å². The van der Waals surface area contributed by atoms with Crippen molar-refractivity contribution in [1.29, 1.82) is 0 Å². The van der Waals surface area contributed by atoms with E-state index in [4.69, 9.17) is 5.11 Å². The Bertz CT molecular complexity index is 238. The normalized spacial score (nSPS) is 9.48. The van der Waals surface area contributed by atoms with Crippen LogP contribution in [0.1, 0.15) is 96.8 Å². The molecule has 0 spiro atoms. The first-order chi connectivity index (χ1) is 10.7. The number of carboxylic acids is 1. The van der Waals surface area contributed by atoms with Crippen LogP contribution in [-0.4, -0.2) is 23.9 Å². The van der Waals surface area contributed by atoms with Crippen LogP contribution in [0.2, 0.25) is 0 Å². The third kappa shape index (κ3) is 34.4. The molecule has 5 heteroatoms. The van der Waals surface area contributed by atoms with Crippen LogP contribution in [0.5, 0.6) is 0 Å². The summed E-state index contributed by atoms with van der Waals surface area (Å²) in [6.07, 6.45) is 20.2. The monoisotopic (exact) mass is 337 g/mol. The second-order valence-corrected chi connectivity index (χ2v) is 5.73. The van der Waals surface area contributed by atoms with Crippen LogP contribution >= 0.6 is 0 Å². The Hall–Kier alpha value is 0.100. The molecule has 0 bridgehead atoms. The Labute approximate surface area is 165 Å². The molecule has 0 aliphatic carbocycles. The maximum absolute atomic E-state index is 9.98. The van der Waals surface area contributed by atoms with Crippen LogP contribution in [-0.2, 0) is 9.59 Å². The van der Waals surface area contributed by atoms with E-state index < -0.39 is 5.97 Å². The first kappa shape index (κ1) is 27.9. The van der Waals surface area contributed by atoms with E-state index in [1.165, 1.54) is 77.0 Å². The van der Waals surface area contributed by atoms with Gasteiger partial charge in [-0.3, -0.25) is 11.1 Å². The van der Waals surface area contributed by atoms with Gasteiger partial charge in [0.25, 0.3) is 0 Å². The predicted molar refractivity (Wildman–Crippen MR) is 92.7 cm³/mol. The Morgan fingerprint density at radius 2 is 1.13 bits per heavy atom. The van der Waals surface area contributed by atoms with Crippen LogP contribution in [0.3, 0.4) is 0 Å². The van der Waals surface area contributed by atoms with Gasteiger partial charge >= 0.3 is 35.5 Å². The molecular weight excluding hydrogens is 301 g/mol. The van der Waals surface area contributed by atoms with Gasteiger partial charge in [0.05, 0.1) is 6.54 Å². The topological polar surface area (TPSA) is 80.4 Å². The molecule has 0 aromatic rings. The molecular formula is C18H36NNaO3. The number of unbranched alkanes of at least 4 members (excludes halogenated alkanes) is 13. The second-order valence-electron chi connectivity index (χ2n) is 5.73. The largest absolute Gasteiger partial charge is 1.00 e. The third-order valence-corrected chi connectivity index (χ3v) is 3.56. The maximum Gasteiger partial charge on any atom is 1.00 e. The number of hydrogen-bond acceptors (Lipinski definition) is 3. The Kier molecular flexibility index (Phi) is 32.7. The molecule has 23 heavy (non-hydrogen) atoms. The number of carbonyl (C=O) groups excluding carboxylic acids is 1. The summed E-state index contributed by atoms with van der Waals surface area (Å²) < 4.78 is 0. The molecule has 0 aromatic carbocycles. The van der Waals surface area contributed by atoms with Crippen LogP contribution in [0, 0.1) is 0 Å². The van der Waals surface area contributed by atoms with E-state index >= 15 is 0 Å². The van der Waals surface area contributed by atoms with Crippen molar-refractivity contribution < 1.29 is 44.3 Å². The molecule has 0 saturated heterocycles. The van der Waals surface area contributed by atoms with E-state index in [-0.39, 0.29) is 36.1 Å². The molecule has 132 valence electrons. The number of nitrogens with two attached hydrogens (primary N) is 1. The molecule has 0 rings (SSSR count). The fourth-order valence-electron chi connectivity index (χ4n) is 2.21. The fourth-order valence-corrected chi connectivity index (χ4v) is 2.21. The SMILES string of the molecule is CCCCCCCCCCCCCCC[C-]=O.NCC(=O)O.[Na+]. The van der Waals surface area contributed by atoms with Crippen LogP contribution < -0.4 is 35.3 Å². The van der Waals surface area contributed by atoms with Crippen molar-refractivity contribution in [3.63, 3.8) is 0 Å². The number of hydrogen-bond donors (Lipinski definition) is 2. The van der Waals surface area contributed by atoms with Gasteiger partial charge in [0.15, 0.2) is 0 Å². The van der Waals surface area contributed by atoms with E-state index in [0.717, 1.165) is 6.42 Å². The molecule has 0 atom stereocenters. The number of carbonyl (C=O) groups is 1. The van der Waals surface area contributed by atoms with Gasteiger partial charge in [-0.05, 0) is 0 Å². The summed E-state index contributed by atoms with van der Waals surface area (Å²) in [6.45, 7) is 1.99. The standard InChI is InChI=1S/C16H31O.C2H5NO2.Na/c1-2-3-4-5-6-7-8-9-10-11-12-13-14-15-16-17;3-1-2(4)5;/h2-15H2,1H3;1,3H2,(H,4,5);/q-1;;+1. The minimum Gasteiger partial charge on any atom is -0.542 e. The van der Waals surface area contributed by atoms with Crippen molar-refractivity contribution in [1.82, 2.24) is 0 Å². The molecule has 0 amide bonds. The van der Waals surface area contributed by atoms with E-state index in [1.54, 1.807) is 0 Å². The van der Waals surface area contributed by atoms with Gasteiger partial charge in [-0.2, -0.15) is 6.42 Å². The van der Waals surface area contributed by atoms with Gasteiger partial charge in [-0.25, -0.2) is 0 Å². The quantitative estimate of drug-likeness (QED) is 0.270. The third-order valence-electron chi connectivity index (χ3n) is 3.56. The summed E-state index contributed by atoms with van der Waals surface area (Å²) in [6, 6.07) is 0.